The number of ether oxygens (including phenoxy) is 1. The molecule has 1 fully saturated rings. The summed E-state index contributed by atoms with van der Waals surface area (Å²) in [6.45, 7) is 6.91. The molecule has 5 heterocycles. The Morgan fingerprint density at radius 2 is 2.00 bits per heavy atom. The highest BCUT2D eigenvalue weighted by Gasteiger charge is 2.45. The van der Waals surface area contributed by atoms with E-state index >= 15 is 0 Å². The van der Waals surface area contributed by atoms with Crippen LogP contribution in [0.15, 0.2) is 18.5 Å². The topological polar surface area (TPSA) is 69.6 Å². The lowest BCUT2D eigenvalue weighted by Crippen LogP contribution is -2.09. The number of pyridine rings is 1. The average molecular weight is 374 g/mol. The van der Waals surface area contributed by atoms with Gasteiger partial charge in [-0.25, -0.2) is 14.5 Å². The molecule has 28 heavy (non-hydrogen) atoms. The number of hydrogen-bond acceptors (Lipinski definition) is 5. The maximum Gasteiger partial charge on any atom is 0.180 e. The third-order valence-electron chi connectivity index (χ3n) is 6.14. The predicted molar refractivity (Wildman–Crippen MR) is 104 cm³/mol. The van der Waals surface area contributed by atoms with Crippen molar-refractivity contribution in [3.8, 4) is 5.75 Å². The van der Waals surface area contributed by atoms with Crippen LogP contribution in [-0.2, 0) is 6.42 Å². The van der Waals surface area contributed by atoms with Crippen molar-refractivity contribution in [1.29, 1.82) is 0 Å². The Balaban J connectivity index is 1.40. The van der Waals surface area contributed by atoms with E-state index in [0.717, 1.165) is 65.8 Å². The minimum atomic E-state index is 0.319. The number of fused-ring (bicyclic) bond motifs is 4. The van der Waals surface area contributed by atoms with Crippen LogP contribution in [0.1, 0.15) is 58.8 Å². The van der Waals surface area contributed by atoms with Gasteiger partial charge in [0.1, 0.15) is 0 Å². The van der Waals surface area contributed by atoms with Crippen LogP contribution in [-0.4, -0.2) is 35.6 Å². The Morgan fingerprint density at radius 1 is 1.11 bits per heavy atom. The van der Waals surface area contributed by atoms with E-state index < -0.39 is 0 Å². The second kappa shape index (κ2) is 5.53. The number of aryl methyl sites for hydroxylation is 4. The van der Waals surface area contributed by atoms with Crippen LogP contribution in [0.25, 0.3) is 11.3 Å². The molecule has 0 spiro atoms. The van der Waals surface area contributed by atoms with Crippen LogP contribution in [0.3, 0.4) is 0 Å². The van der Waals surface area contributed by atoms with Gasteiger partial charge >= 0.3 is 0 Å². The lowest BCUT2D eigenvalue weighted by Gasteiger charge is -2.17. The van der Waals surface area contributed by atoms with Crippen molar-refractivity contribution in [2.24, 2.45) is 0 Å². The van der Waals surface area contributed by atoms with Crippen LogP contribution < -0.4 is 4.74 Å². The summed E-state index contributed by atoms with van der Waals surface area (Å²) in [6, 6.07) is 2.17. The van der Waals surface area contributed by atoms with E-state index in [1.54, 1.807) is 0 Å². The predicted octanol–water partition coefficient (Wildman–Crippen LogP) is 3.29. The van der Waals surface area contributed by atoms with E-state index in [0.29, 0.717) is 11.8 Å². The summed E-state index contributed by atoms with van der Waals surface area (Å²) in [5.41, 5.74) is 7.33. The minimum absolute atomic E-state index is 0.319. The zero-order valence-electron chi connectivity index (χ0n) is 16.3. The number of rotatable bonds is 2. The summed E-state index contributed by atoms with van der Waals surface area (Å²) in [5.74, 6) is 2.55. The number of aromatic nitrogens is 6. The van der Waals surface area contributed by atoms with Crippen molar-refractivity contribution in [3.05, 3.63) is 52.6 Å². The molecule has 0 bridgehead atoms. The van der Waals surface area contributed by atoms with Gasteiger partial charge in [0.15, 0.2) is 22.9 Å². The van der Waals surface area contributed by atoms with Crippen molar-refractivity contribution < 1.29 is 4.74 Å². The van der Waals surface area contributed by atoms with Crippen molar-refractivity contribution in [2.45, 2.75) is 51.9 Å². The highest BCUT2D eigenvalue weighted by Crippen LogP contribution is 2.54. The first-order chi connectivity index (χ1) is 13.6. The van der Waals surface area contributed by atoms with Crippen molar-refractivity contribution >= 4 is 11.3 Å². The molecule has 2 atom stereocenters. The molecule has 2 aliphatic rings. The van der Waals surface area contributed by atoms with Crippen LogP contribution in [0.2, 0.25) is 0 Å². The SMILES string of the molecule is Cc1ncc(C)n2nc(C3CC3c3nc4c5c(ccn4c3C)CCCO5)nc12. The third kappa shape index (κ3) is 2.16. The molecule has 1 aliphatic heterocycles. The maximum atomic E-state index is 5.96. The monoisotopic (exact) mass is 374 g/mol. The first-order valence-electron chi connectivity index (χ1n) is 9.94. The van der Waals surface area contributed by atoms with E-state index in [1.807, 2.05) is 24.6 Å². The van der Waals surface area contributed by atoms with Gasteiger partial charge in [-0.15, -0.1) is 0 Å². The summed E-state index contributed by atoms with van der Waals surface area (Å²) in [4.78, 5) is 14.2. The summed E-state index contributed by atoms with van der Waals surface area (Å²) in [7, 11) is 0. The molecule has 0 amide bonds. The second-order valence-electron chi connectivity index (χ2n) is 8.04. The Kier molecular flexibility index (Phi) is 3.17. The van der Waals surface area contributed by atoms with Crippen LogP contribution in [0.4, 0.5) is 0 Å². The van der Waals surface area contributed by atoms with E-state index in [4.69, 9.17) is 19.8 Å². The van der Waals surface area contributed by atoms with E-state index in [-0.39, 0.29) is 0 Å². The van der Waals surface area contributed by atoms with E-state index in [9.17, 15) is 0 Å². The molecule has 1 aliphatic carbocycles. The largest absolute Gasteiger partial charge is 0.489 e. The molecule has 0 N–H and O–H groups in total. The normalized spacial score (nSPS) is 21.1. The average Bonchev–Trinajstić information content (AvgIpc) is 3.23. The van der Waals surface area contributed by atoms with Gasteiger partial charge in [0, 0.05) is 29.9 Å². The fourth-order valence-electron chi connectivity index (χ4n) is 4.45. The molecule has 6 rings (SSSR count). The molecule has 0 aromatic carbocycles. The molecule has 0 saturated heterocycles. The van der Waals surface area contributed by atoms with Gasteiger partial charge in [0.05, 0.1) is 23.7 Å². The minimum Gasteiger partial charge on any atom is -0.489 e. The Morgan fingerprint density at radius 3 is 2.86 bits per heavy atom. The molecular weight excluding hydrogens is 352 g/mol. The molecule has 4 aromatic rings. The third-order valence-corrected chi connectivity index (χ3v) is 6.14. The fourth-order valence-corrected chi connectivity index (χ4v) is 4.45. The van der Waals surface area contributed by atoms with E-state index in [2.05, 4.69) is 28.6 Å². The Hall–Kier alpha value is -2.96. The Labute approximate surface area is 162 Å². The van der Waals surface area contributed by atoms with Gasteiger partial charge < -0.3 is 9.14 Å². The summed E-state index contributed by atoms with van der Waals surface area (Å²) >= 11 is 0. The zero-order valence-corrected chi connectivity index (χ0v) is 16.3. The van der Waals surface area contributed by atoms with Gasteiger partial charge in [-0.2, -0.15) is 5.10 Å². The lowest BCUT2D eigenvalue weighted by atomic mass is 10.1. The molecule has 1 saturated carbocycles. The van der Waals surface area contributed by atoms with Crippen molar-refractivity contribution in [2.75, 3.05) is 6.61 Å². The summed E-state index contributed by atoms with van der Waals surface area (Å²) < 4.78 is 10.0. The molecule has 142 valence electrons. The molecule has 7 heteroatoms. The maximum absolute atomic E-state index is 5.96. The van der Waals surface area contributed by atoms with E-state index in [1.165, 1.54) is 11.3 Å². The molecular formula is C21H22N6O. The molecule has 0 radical (unpaired) electrons. The quantitative estimate of drug-likeness (QED) is 0.538. The van der Waals surface area contributed by atoms with Crippen LogP contribution >= 0.6 is 0 Å². The van der Waals surface area contributed by atoms with Crippen LogP contribution in [0.5, 0.6) is 5.75 Å². The van der Waals surface area contributed by atoms with Crippen LogP contribution in [0, 0.1) is 20.8 Å². The summed E-state index contributed by atoms with van der Waals surface area (Å²) in [6.07, 6.45) is 7.16. The molecule has 2 unspecified atom stereocenters. The van der Waals surface area contributed by atoms with Crippen molar-refractivity contribution in [3.63, 3.8) is 0 Å². The summed E-state index contributed by atoms with van der Waals surface area (Å²) in [5, 5.41) is 4.77. The lowest BCUT2D eigenvalue weighted by molar-refractivity contribution is 0.290. The van der Waals surface area contributed by atoms with Gasteiger partial charge in [0.25, 0.3) is 0 Å². The fraction of sp³-hybridized carbons (Fsp3) is 0.429. The first-order valence-corrected chi connectivity index (χ1v) is 9.94. The Bertz CT molecular complexity index is 1210. The van der Waals surface area contributed by atoms with Gasteiger partial charge in [0.2, 0.25) is 0 Å². The highest BCUT2D eigenvalue weighted by atomic mass is 16.5. The highest BCUT2D eigenvalue weighted by molar-refractivity contribution is 5.61. The molecule has 4 aromatic heterocycles. The van der Waals surface area contributed by atoms with Gasteiger partial charge in [-0.05, 0) is 51.7 Å². The smallest absolute Gasteiger partial charge is 0.180 e. The molecule has 7 nitrogen and oxygen atoms in total. The standard InChI is InChI=1S/C21H22N6O/c1-11-10-22-12(2)20-24-19(25-27(11)20)16-9-15(16)17-13(3)26-7-6-14-5-4-8-28-18(14)21(26)23-17/h6-7,10,15-16H,4-5,8-9H2,1-3H3. The van der Waals surface area contributed by atoms with Crippen molar-refractivity contribution in [1.82, 2.24) is 29.0 Å². The first kappa shape index (κ1) is 16.0. The number of imidazole rings is 1. The number of nitrogens with zero attached hydrogens (tertiary/aromatic N) is 6. The second-order valence-corrected chi connectivity index (χ2v) is 8.04. The van der Waals surface area contributed by atoms with Gasteiger partial charge in [-0.1, -0.05) is 0 Å². The van der Waals surface area contributed by atoms with Gasteiger partial charge in [-0.3, -0.25) is 4.98 Å². The zero-order chi connectivity index (χ0) is 19.0. The number of hydrogen-bond donors (Lipinski definition) is 0.